The zero-order valence-corrected chi connectivity index (χ0v) is 17.6. The van der Waals surface area contributed by atoms with Gasteiger partial charge in [-0.3, -0.25) is 9.59 Å². The lowest BCUT2D eigenvalue weighted by atomic mass is 10.1. The largest absolute Gasteiger partial charge is 0.465 e. The Morgan fingerprint density at radius 2 is 1.87 bits per heavy atom. The fourth-order valence-electron chi connectivity index (χ4n) is 2.86. The number of hydrogen-bond acceptors (Lipinski definition) is 3. The molecule has 0 spiro atoms. The molecule has 0 aliphatic carbocycles. The number of carbonyl (C=O) groups is 2. The number of amides is 2. The quantitative estimate of drug-likeness (QED) is 0.543. The Kier molecular flexibility index (Phi) is 7.09. The van der Waals surface area contributed by atoms with Crippen LogP contribution in [0.4, 0.5) is 0 Å². The summed E-state index contributed by atoms with van der Waals surface area (Å²) in [5, 5.41) is 6.19. The maximum absolute atomic E-state index is 12.8. The third-order valence-corrected chi connectivity index (χ3v) is 4.92. The van der Waals surface area contributed by atoms with Crippen LogP contribution in [-0.2, 0) is 11.2 Å². The molecule has 0 saturated carbocycles. The number of nitrogens with one attached hydrogen (secondary N) is 2. The second-order valence-corrected chi connectivity index (χ2v) is 7.40. The molecule has 6 heteroatoms. The summed E-state index contributed by atoms with van der Waals surface area (Å²) in [6, 6.07) is 16.3. The van der Waals surface area contributed by atoms with Crippen molar-refractivity contribution in [2.45, 2.75) is 20.3 Å². The number of hydrogen-bond donors (Lipinski definition) is 2. The van der Waals surface area contributed by atoms with Gasteiger partial charge in [-0.05, 0) is 73.4 Å². The maximum atomic E-state index is 12.8. The first kappa shape index (κ1) is 21.4. The van der Waals surface area contributed by atoms with Crippen LogP contribution in [0.15, 0.2) is 71.0 Å². The van der Waals surface area contributed by atoms with E-state index in [1.54, 1.807) is 30.3 Å². The van der Waals surface area contributed by atoms with E-state index in [1.165, 1.54) is 12.3 Å². The van der Waals surface area contributed by atoms with Crippen LogP contribution in [0.2, 0.25) is 5.02 Å². The summed E-state index contributed by atoms with van der Waals surface area (Å²) in [5.74, 6) is -0.290. The molecule has 0 atom stereocenters. The van der Waals surface area contributed by atoms with Gasteiger partial charge in [0.15, 0.2) is 0 Å². The number of aryl methyl sites for hydroxylation is 2. The van der Waals surface area contributed by atoms with Crippen molar-refractivity contribution in [2.75, 3.05) is 6.54 Å². The number of benzene rings is 2. The van der Waals surface area contributed by atoms with Gasteiger partial charge in [-0.25, -0.2) is 0 Å². The van der Waals surface area contributed by atoms with E-state index in [2.05, 4.69) is 10.6 Å². The summed E-state index contributed by atoms with van der Waals surface area (Å²) in [4.78, 5) is 25.5. The molecule has 1 heterocycles. The minimum Gasteiger partial charge on any atom is -0.465 e. The average Bonchev–Trinajstić information content (AvgIpc) is 3.22. The molecule has 2 N–H and O–H groups in total. The molecular formula is C24H23ClN2O3. The normalized spacial score (nSPS) is 11.2. The third-order valence-electron chi connectivity index (χ3n) is 4.68. The van der Waals surface area contributed by atoms with Gasteiger partial charge in [-0.1, -0.05) is 29.8 Å². The zero-order chi connectivity index (χ0) is 21.5. The molecular weight excluding hydrogens is 400 g/mol. The number of rotatable bonds is 7. The van der Waals surface area contributed by atoms with Crippen molar-refractivity contribution in [3.8, 4) is 0 Å². The smallest absolute Gasteiger partial charge is 0.267 e. The third kappa shape index (κ3) is 5.84. The minimum atomic E-state index is -0.398. The van der Waals surface area contributed by atoms with Gasteiger partial charge in [-0.2, -0.15) is 0 Å². The van der Waals surface area contributed by atoms with Gasteiger partial charge in [0.25, 0.3) is 11.8 Å². The molecule has 3 rings (SSSR count). The van der Waals surface area contributed by atoms with Crippen molar-refractivity contribution in [1.82, 2.24) is 10.6 Å². The second-order valence-electron chi connectivity index (χ2n) is 6.96. The second kappa shape index (κ2) is 9.94. The topological polar surface area (TPSA) is 71.3 Å². The molecule has 154 valence electrons. The Hall–Kier alpha value is -3.31. The van der Waals surface area contributed by atoms with Crippen molar-refractivity contribution < 1.29 is 14.0 Å². The highest BCUT2D eigenvalue weighted by Gasteiger charge is 2.15. The Labute approximate surface area is 180 Å². The van der Waals surface area contributed by atoms with E-state index in [4.69, 9.17) is 16.0 Å². The van der Waals surface area contributed by atoms with E-state index in [9.17, 15) is 9.59 Å². The summed E-state index contributed by atoms with van der Waals surface area (Å²) >= 11 is 6.00. The Balaban J connectivity index is 1.71. The first-order valence-corrected chi connectivity index (χ1v) is 9.96. The highest BCUT2D eigenvalue weighted by Crippen LogP contribution is 2.13. The number of furan rings is 1. The SMILES string of the molecule is Cc1ccc(C(=O)N/C(=C\c2ccco2)C(=O)NCCc2cccc(Cl)c2)cc1C. The number of carbonyl (C=O) groups excluding carboxylic acids is 2. The van der Waals surface area contributed by atoms with Gasteiger partial charge >= 0.3 is 0 Å². The van der Waals surface area contributed by atoms with Crippen LogP contribution in [0, 0.1) is 13.8 Å². The lowest BCUT2D eigenvalue weighted by Gasteiger charge is -2.12. The van der Waals surface area contributed by atoms with Crippen molar-refractivity contribution in [1.29, 1.82) is 0 Å². The van der Waals surface area contributed by atoms with Gasteiger partial charge in [0.2, 0.25) is 0 Å². The summed E-state index contributed by atoms with van der Waals surface area (Å²) < 4.78 is 5.30. The van der Waals surface area contributed by atoms with Crippen LogP contribution in [-0.4, -0.2) is 18.4 Å². The van der Waals surface area contributed by atoms with Crippen molar-refractivity contribution in [3.05, 3.63) is 99.6 Å². The molecule has 2 amide bonds. The van der Waals surface area contributed by atoms with E-state index in [-0.39, 0.29) is 11.6 Å². The van der Waals surface area contributed by atoms with Crippen LogP contribution < -0.4 is 10.6 Å². The molecule has 3 aromatic rings. The van der Waals surface area contributed by atoms with E-state index in [1.807, 2.05) is 38.1 Å². The van der Waals surface area contributed by atoms with E-state index in [0.717, 1.165) is 16.7 Å². The fraction of sp³-hybridized carbons (Fsp3) is 0.167. The molecule has 0 unspecified atom stereocenters. The van der Waals surface area contributed by atoms with Crippen molar-refractivity contribution in [2.24, 2.45) is 0 Å². The predicted molar refractivity (Wildman–Crippen MR) is 118 cm³/mol. The van der Waals surface area contributed by atoms with Gasteiger partial charge in [0.1, 0.15) is 11.5 Å². The lowest BCUT2D eigenvalue weighted by Crippen LogP contribution is -2.35. The monoisotopic (exact) mass is 422 g/mol. The Morgan fingerprint density at radius 1 is 1.03 bits per heavy atom. The van der Waals surface area contributed by atoms with E-state index >= 15 is 0 Å². The van der Waals surface area contributed by atoms with Gasteiger partial charge in [0.05, 0.1) is 6.26 Å². The zero-order valence-electron chi connectivity index (χ0n) is 16.9. The maximum Gasteiger partial charge on any atom is 0.267 e. The molecule has 2 aromatic carbocycles. The standard InChI is InChI=1S/C24H23ClN2O3/c1-16-8-9-19(13-17(16)2)23(28)27-22(15-21-7-4-12-30-21)24(29)26-11-10-18-5-3-6-20(25)14-18/h3-9,12-15H,10-11H2,1-2H3,(H,26,29)(H,27,28)/b22-15-. The van der Waals surface area contributed by atoms with Crippen molar-refractivity contribution in [3.63, 3.8) is 0 Å². The van der Waals surface area contributed by atoms with Gasteiger partial charge in [0, 0.05) is 23.2 Å². The molecule has 0 radical (unpaired) electrons. The predicted octanol–water partition coefficient (Wildman–Crippen LogP) is 4.68. The summed E-state index contributed by atoms with van der Waals surface area (Å²) in [6.07, 6.45) is 3.63. The van der Waals surface area contributed by atoms with Gasteiger partial charge in [-0.15, -0.1) is 0 Å². The number of halogens is 1. The summed E-state index contributed by atoms with van der Waals surface area (Å²) in [6.45, 7) is 4.31. The average molecular weight is 423 g/mol. The molecule has 0 saturated heterocycles. The van der Waals surface area contributed by atoms with Crippen LogP contribution in [0.5, 0.6) is 0 Å². The minimum absolute atomic E-state index is 0.110. The fourth-order valence-corrected chi connectivity index (χ4v) is 3.07. The summed E-state index contributed by atoms with van der Waals surface area (Å²) in [7, 11) is 0. The summed E-state index contributed by atoms with van der Waals surface area (Å²) in [5.41, 5.74) is 3.70. The Bertz CT molecular complexity index is 1070. The van der Waals surface area contributed by atoms with Crippen LogP contribution >= 0.6 is 11.6 Å². The molecule has 1 aromatic heterocycles. The lowest BCUT2D eigenvalue weighted by molar-refractivity contribution is -0.117. The van der Waals surface area contributed by atoms with Crippen LogP contribution in [0.25, 0.3) is 6.08 Å². The molecule has 5 nitrogen and oxygen atoms in total. The van der Waals surface area contributed by atoms with Crippen LogP contribution in [0.1, 0.15) is 32.8 Å². The molecule has 0 aliphatic rings. The van der Waals surface area contributed by atoms with Crippen molar-refractivity contribution >= 4 is 29.5 Å². The highest BCUT2D eigenvalue weighted by atomic mass is 35.5. The molecule has 0 bridgehead atoms. The van der Waals surface area contributed by atoms with Crippen LogP contribution in [0.3, 0.4) is 0 Å². The Morgan fingerprint density at radius 3 is 2.57 bits per heavy atom. The molecule has 0 aliphatic heterocycles. The van der Waals surface area contributed by atoms with E-state index < -0.39 is 5.91 Å². The van der Waals surface area contributed by atoms with Gasteiger partial charge < -0.3 is 15.1 Å². The molecule has 30 heavy (non-hydrogen) atoms. The first-order chi connectivity index (χ1) is 14.4. The first-order valence-electron chi connectivity index (χ1n) is 9.59. The molecule has 0 fully saturated rings. The van der Waals surface area contributed by atoms with E-state index in [0.29, 0.717) is 29.3 Å². The highest BCUT2D eigenvalue weighted by molar-refractivity contribution is 6.30.